The first-order valence-corrected chi connectivity index (χ1v) is 16.4. The fourth-order valence-corrected chi connectivity index (χ4v) is 7.44. The fraction of sp³-hybridized carbons (Fsp3) is 0.286. The lowest BCUT2D eigenvalue weighted by atomic mass is 9.98. The van der Waals surface area contributed by atoms with Gasteiger partial charge in [0, 0.05) is 31.8 Å². The summed E-state index contributed by atoms with van der Waals surface area (Å²) in [5, 5.41) is 21.5. The molecule has 2 atom stereocenters. The number of hydrogen-bond donors (Lipinski definition) is 4. The van der Waals surface area contributed by atoms with Crippen LogP contribution >= 0.6 is 0 Å². The van der Waals surface area contributed by atoms with Gasteiger partial charge in [-0.1, -0.05) is 36.4 Å². The lowest BCUT2D eigenvalue weighted by Gasteiger charge is -2.33. The first-order chi connectivity index (χ1) is 20.4. The van der Waals surface area contributed by atoms with Crippen LogP contribution in [0, 0.1) is 21.4 Å². The fourth-order valence-electron chi connectivity index (χ4n) is 4.80. The average molecular weight is 629 g/mol. The highest BCUT2D eigenvalue weighted by Crippen LogP contribution is 2.24. The van der Waals surface area contributed by atoms with Crippen molar-refractivity contribution in [2.45, 2.75) is 40.0 Å². The molecule has 1 aliphatic heterocycles. The summed E-state index contributed by atoms with van der Waals surface area (Å²) in [7, 11) is -8.42. The van der Waals surface area contributed by atoms with Crippen LogP contribution in [0.3, 0.4) is 0 Å². The van der Waals surface area contributed by atoms with Gasteiger partial charge < -0.3 is 16.0 Å². The molecule has 3 aromatic carbocycles. The van der Waals surface area contributed by atoms with Crippen LogP contribution in [0.1, 0.15) is 18.4 Å². The van der Waals surface area contributed by atoms with Gasteiger partial charge in [-0.25, -0.2) is 16.8 Å². The Kier molecular flexibility index (Phi) is 9.78. The van der Waals surface area contributed by atoms with E-state index in [1.807, 2.05) is 0 Å². The number of rotatable bonds is 11. The molecule has 3 aromatic rings. The molecule has 0 saturated carbocycles. The van der Waals surface area contributed by atoms with Gasteiger partial charge in [0.1, 0.15) is 6.04 Å². The molecule has 4 rings (SSSR count). The van der Waals surface area contributed by atoms with Gasteiger partial charge in [-0.15, -0.1) is 0 Å². The molecule has 5 N–H and O–H groups in total. The number of nitro benzene ring substituents is 1. The number of piperidine rings is 1. The van der Waals surface area contributed by atoms with E-state index in [9.17, 15) is 31.7 Å². The van der Waals surface area contributed by atoms with Crippen LogP contribution in [0.25, 0.3) is 0 Å². The Bertz CT molecular complexity index is 1700. The number of benzene rings is 3. The van der Waals surface area contributed by atoms with Crippen molar-refractivity contribution in [1.82, 2.24) is 14.9 Å². The van der Waals surface area contributed by atoms with E-state index < -0.39 is 36.7 Å². The zero-order valence-corrected chi connectivity index (χ0v) is 24.7. The van der Waals surface area contributed by atoms with Crippen LogP contribution in [-0.2, 0) is 31.1 Å². The number of non-ortho nitro benzene ring substituents is 1. The molecule has 0 aliphatic carbocycles. The number of nitro groups is 1. The Morgan fingerprint density at radius 2 is 1.65 bits per heavy atom. The van der Waals surface area contributed by atoms with Crippen LogP contribution in [0.2, 0.25) is 0 Å². The second-order valence-electron chi connectivity index (χ2n) is 10.2. The molecule has 0 spiro atoms. The van der Waals surface area contributed by atoms with E-state index in [1.54, 1.807) is 23.1 Å². The molecule has 0 aromatic heterocycles. The average Bonchev–Trinajstić information content (AvgIpc) is 3.00. The SMILES string of the molecule is N=C(N)N1CCC[C@H](CNC(=O)[C@@H](Cc2ccc([N+](=O)[O-])cc2)NS(=O)(=O)c2cccc(S(=O)(=O)c3ccccc3)c2)C1. The lowest BCUT2D eigenvalue weighted by molar-refractivity contribution is -0.384. The number of nitrogens with two attached hydrogens (primary N) is 1. The smallest absolute Gasteiger partial charge is 0.269 e. The van der Waals surface area contributed by atoms with E-state index in [4.69, 9.17) is 11.1 Å². The molecular weight excluding hydrogens is 596 g/mol. The Morgan fingerprint density at radius 1 is 1.00 bits per heavy atom. The summed E-state index contributed by atoms with van der Waals surface area (Å²) in [6.07, 6.45) is 1.43. The number of guanidine groups is 1. The first-order valence-electron chi connectivity index (χ1n) is 13.4. The summed E-state index contributed by atoms with van der Waals surface area (Å²) in [6, 6.07) is 16.5. The number of nitrogens with zero attached hydrogens (tertiary/aromatic N) is 2. The van der Waals surface area contributed by atoms with Crippen molar-refractivity contribution >= 4 is 37.4 Å². The molecule has 1 fully saturated rings. The van der Waals surface area contributed by atoms with Crippen LogP contribution in [-0.4, -0.2) is 64.2 Å². The number of carbonyl (C=O) groups excluding carboxylic acids is 1. The summed E-state index contributed by atoms with van der Waals surface area (Å²) in [5.74, 6) is -0.704. The summed E-state index contributed by atoms with van der Waals surface area (Å²) in [5.41, 5.74) is 5.92. The Morgan fingerprint density at radius 3 is 2.30 bits per heavy atom. The normalized spacial score (nSPS) is 16.3. The molecular formula is C28H32N6O7S2. The third-order valence-electron chi connectivity index (χ3n) is 7.11. The minimum Gasteiger partial charge on any atom is -0.370 e. The largest absolute Gasteiger partial charge is 0.370 e. The van der Waals surface area contributed by atoms with E-state index in [2.05, 4.69) is 10.0 Å². The molecule has 15 heteroatoms. The van der Waals surface area contributed by atoms with Crippen molar-refractivity contribution in [1.29, 1.82) is 5.41 Å². The predicted molar refractivity (Wildman–Crippen MR) is 158 cm³/mol. The van der Waals surface area contributed by atoms with E-state index in [-0.39, 0.29) is 45.2 Å². The van der Waals surface area contributed by atoms with E-state index >= 15 is 0 Å². The molecule has 43 heavy (non-hydrogen) atoms. The summed E-state index contributed by atoms with van der Waals surface area (Å²) in [4.78, 5) is 25.0. The van der Waals surface area contributed by atoms with Crippen molar-refractivity contribution in [3.63, 3.8) is 0 Å². The number of nitrogens with one attached hydrogen (secondary N) is 3. The third kappa shape index (κ3) is 7.94. The number of amides is 1. The second kappa shape index (κ2) is 13.3. The number of carbonyl (C=O) groups is 1. The van der Waals surface area contributed by atoms with Gasteiger partial charge in [-0.3, -0.25) is 20.3 Å². The monoisotopic (exact) mass is 628 g/mol. The molecule has 0 unspecified atom stereocenters. The number of sulfonamides is 1. The standard InChI is InChI=1S/C28H32N6O7S2/c29-28(30)33-15-5-6-21(19-33)18-31-27(35)26(16-20-11-13-22(14-12-20)34(36)37)32-43(40,41)25-10-4-9-24(17-25)42(38,39)23-7-2-1-3-8-23/h1-4,7-14,17,21,26,32H,5-6,15-16,18-19H2,(H3,29,30)(H,31,35)/t21-,26-/m1/s1. The third-order valence-corrected chi connectivity index (χ3v) is 10.3. The van der Waals surface area contributed by atoms with Crippen molar-refractivity contribution in [2.24, 2.45) is 11.7 Å². The Balaban J connectivity index is 1.57. The number of likely N-dealkylation sites (tertiary alicyclic amines) is 1. The van der Waals surface area contributed by atoms with E-state index in [1.165, 1.54) is 54.6 Å². The minimum absolute atomic E-state index is 0.000941. The Hall–Kier alpha value is -4.34. The maximum absolute atomic E-state index is 13.5. The van der Waals surface area contributed by atoms with Crippen molar-refractivity contribution < 1.29 is 26.6 Å². The molecule has 13 nitrogen and oxygen atoms in total. The van der Waals surface area contributed by atoms with Gasteiger partial charge >= 0.3 is 0 Å². The molecule has 1 aliphatic rings. The number of hydrogen-bond acceptors (Lipinski definition) is 8. The highest BCUT2D eigenvalue weighted by molar-refractivity contribution is 7.91. The van der Waals surface area contributed by atoms with Crippen LogP contribution in [0.15, 0.2) is 93.5 Å². The van der Waals surface area contributed by atoms with Gasteiger partial charge in [0.15, 0.2) is 5.96 Å². The van der Waals surface area contributed by atoms with Gasteiger partial charge in [0.05, 0.1) is 19.6 Å². The minimum atomic E-state index is -4.41. The van der Waals surface area contributed by atoms with Gasteiger partial charge in [0.25, 0.3) is 5.69 Å². The van der Waals surface area contributed by atoms with Crippen molar-refractivity contribution in [3.05, 3.63) is 94.5 Å². The molecule has 1 amide bonds. The maximum Gasteiger partial charge on any atom is 0.269 e. The topological polar surface area (TPSA) is 206 Å². The molecule has 0 radical (unpaired) electrons. The van der Waals surface area contributed by atoms with Crippen molar-refractivity contribution in [3.8, 4) is 0 Å². The molecule has 0 bridgehead atoms. The zero-order chi connectivity index (χ0) is 31.2. The molecule has 228 valence electrons. The number of sulfone groups is 1. The highest BCUT2D eigenvalue weighted by Gasteiger charge is 2.29. The van der Waals surface area contributed by atoms with Gasteiger partial charge in [-0.05, 0) is 61.1 Å². The van der Waals surface area contributed by atoms with Crippen LogP contribution < -0.4 is 15.8 Å². The van der Waals surface area contributed by atoms with Crippen LogP contribution in [0.5, 0.6) is 0 Å². The maximum atomic E-state index is 13.5. The van der Waals surface area contributed by atoms with Gasteiger partial charge in [0.2, 0.25) is 25.8 Å². The van der Waals surface area contributed by atoms with E-state index in [0.717, 1.165) is 18.9 Å². The highest BCUT2D eigenvalue weighted by atomic mass is 32.2. The first kappa shape index (κ1) is 31.6. The summed E-state index contributed by atoms with van der Waals surface area (Å²) >= 11 is 0. The Labute approximate surface area is 249 Å². The van der Waals surface area contributed by atoms with Crippen molar-refractivity contribution in [2.75, 3.05) is 19.6 Å². The predicted octanol–water partition coefficient (Wildman–Crippen LogP) is 2.04. The van der Waals surface area contributed by atoms with Gasteiger partial charge in [-0.2, -0.15) is 4.72 Å². The quantitative estimate of drug-likeness (QED) is 0.106. The van der Waals surface area contributed by atoms with Crippen LogP contribution in [0.4, 0.5) is 5.69 Å². The summed E-state index contributed by atoms with van der Waals surface area (Å²) < 4.78 is 55.6. The molecule has 1 heterocycles. The molecule has 1 saturated heterocycles. The lowest BCUT2D eigenvalue weighted by Crippen LogP contribution is -2.51. The second-order valence-corrected chi connectivity index (χ2v) is 13.8. The summed E-state index contributed by atoms with van der Waals surface area (Å²) in [6.45, 7) is 1.32. The van der Waals surface area contributed by atoms with E-state index in [0.29, 0.717) is 18.7 Å². The zero-order valence-electron chi connectivity index (χ0n) is 23.0.